The van der Waals surface area contributed by atoms with Crippen molar-refractivity contribution in [1.29, 1.82) is 0 Å². The molecule has 0 radical (unpaired) electrons. The van der Waals surface area contributed by atoms with Crippen LogP contribution in [0.3, 0.4) is 0 Å². The summed E-state index contributed by atoms with van der Waals surface area (Å²) in [5.74, 6) is 0.984. The fourth-order valence-corrected chi connectivity index (χ4v) is 3.43. The van der Waals surface area contributed by atoms with Crippen LogP contribution in [0.25, 0.3) is 11.0 Å². The van der Waals surface area contributed by atoms with Crippen molar-refractivity contribution in [3.8, 4) is 0 Å². The highest BCUT2D eigenvalue weighted by molar-refractivity contribution is 7.10. The first-order valence-electron chi connectivity index (χ1n) is 6.01. The van der Waals surface area contributed by atoms with Gasteiger partial charge in [-0.2, -0.15) is 0 Å². The third-order valence-corrected chi connectivity index (χ3v) is 4.36. The van der Waals surface area contributed by atoms with Gasteiger partial charge in [0.05, 0.1) is 23.3 Å². The maximum Gasteiger partial charge on any atom is 0.129 e. The summed E-state index contributed by atoms with van der Waals surface area (Å²) in [6, 6.07) is 4.32. The van der Waals surface area contributed by atoms with Gasteiger partial charge in [-0.3, -0.25) is 4.98 Å². The lowest BCUT2D eigenvalue weighted by Gasteiger charge is -2.22. The highest BCUT2D eigenvalue weighted by Gasteiger charge is 2.24. The number of hydrogen-bond acceptors (Lipinski definition) is 4. The highest BCUT2D eigenvalue weighted by atomic mass is 32.1. The minimum absolute atomic E-state index is 0.187. The first-order chi connectivity index (χ1) is 8.92. The van der Waals surface area contributed by atoms with Gasteiger partial charge < -0.3 is 10.3 Å². The fraction of sp³-hybridized carbons (Fsp3) is 0.231. The molecule has 4 rings (SSSR count). The van der Waals surface area contributed by atoms with Gasteiger partial charge in [0.2, 0.25) is 0 Å². The molecule has 0 aromatic carbocycles. The summed E-state index contributed by atoms with van der Waals surface area (Å²) in [5.41, 5.74) is 3.33. The molecule has 1 atom stereocenters. The van der Waals surface area contributed by atoms with Gasteiger partial charge in [-0.1, -0.05) is 0 Å². The van der Waals surface area contributed by atoms with E-state index in [-0.39, 0.29) is 6.04 Å². The van der Waals surface area contributed by atoms with Crippen LogP contribution < -0.4 is 5.32 Å². The van der Waals surface area contributed by atoms with Crippen LogP contribution >= 0.6 is 11.3 Å². The van der Waals surface area contributed by atoms with E-state index in [4.69, 9.17) is 0 Å². The summed E-state index contributed by atoms with van der Waals surface area (Å²) >= 11 is 1.84. The van der Waals surface area contributed by atoms with Gasteiger partial charge in [0.1, 0.15) is 5.82 Å². The average molecular weight is 256 g/mol. The van der Waals surface area contributed by atoms with E-state index in [9.17, 15) is 0 Å². The van der Waals surface area contributed by atoms with E-state index in [0.717, 1.165) is 29.8 Å². The lowest BCUT2D eigenvalue weighted by Crippen LogP contribution is -2.30. The minimum Gasteiger partial charge on any atom is -0.339 e. The number of fused-ring (bicyclic) bond motifs is 2. The number of aromatic nitrogens is 3. The van der Waals surface area contributed by atoms with Crippen molar-refractivity contribution in [3.05, 3.63) is 46.2 Å². The third-order valence-electron chi connectivity index (χ3n) is 3.37. The lowest BCUT2D eigenvalue weighted by molar-refractivity contribution is 0.555. The zero-order valence-electron chi connectivity index (χ0n) is 9.68. The smallest absolute Gasteiger partial charge is 0.129 e. The number of aromatic amines is 1. The van der Waals surface area contributed by atoms with Crippen molar-refractivity contribution in [2.45, 2.75) is 12.5 Å². The van der Waals surface area contributed by atoms with Crippen molar-refractivity contribution in [1.82, 2.24) is 20.3 Å². The van der Waals surface area contributed by atoms with E-state index in [2.05, 4.69) is 31.7 Å². The van der Waals surface area contributed by atoms with Crippen LogP contribution in [-0.2, 0) is 6.42 Å². The molecule has 4 nitrogen and oxygen atoms in total. The zero-order valence-corrected chi connectivity index (χ0v) is 10.5. The molecule has 90 valence electrons. The van der Waals surface area contributed by atoms with Crippen LogP contribution in [0, 0.1) is 0 Å². The summed E-state index contributed by atoms with van der Waals surface area (Å²) in [6.45, 7) is 1.01. The number of imidazole rings is 1. The molecule has 0 aliphatic carbocycles. The standard InChI is InChI=1S/C13H12N4S/c1-4-14-7-10-9(1)16-13(17-10)12-8-3-6-18-11(8)2-5-15-12/h1,3-4,6-7,12,15H,2,5H2,(H,16,17). The number of rotatable bonds is 1. The molecule has 4 heterocycles. The van der Waals surface area contributed by atoms with Gasteiger partial charge in [0.15, 0.2) is 0 Å². The molecule has 1 aliphatic rings. The molecule has 1 aliphatic heterocycles. The van der Waals surface area contributed by atoms with Crippen molar-refractivity contribution in [2.24, 2.45) is 0 Å². The Morgan fingerprint density at radius 1 is 1.33 bits per heavy atom. The molecule has 0 saturated heterocycles. The van der Waals surface area contributed by atoms with Gasteiger partial charge in [0, 0.05) is 17.6 Å². The molecular weight excluding hydrogens is 244 g/mol. The predicted molar refractivity (Wildman–Crippen MR) is 71.8 cm³/mol. The number of hydrogen-bond donors (Lipinski definition) is 2. The van der Waals surface area contributed by atoms with Crippen molar-refractivity contribution in [3.63, 3.8) is 0 Å². The van der Waals surface area contributed by atoms with Gasteiger partial charge in [-0.05, 0) is 29.5 Å². The maximum absolute atomic E-state index is 4.66. The summed E-state index contributed by atoms with van der Waals surface area (Å²) in [7, 11) is 0. The monoisotopic (exact) mass is 256 g/mol. The Hall–Kier alpha value is -1.72. The maximum atomic E-state index is 4.66. The van der Waals surface area contributed by atoms with Crippen molar-refractivity contribution in [2.75, 3.05) is 6.54 Å². The quantitative estimate of drug-likeness (QED) is 0.702. The molecule has 18 heavy (non-hydrogen) atoms. The normalized spacial score (nSPS) is 19.0. The second-order valence-corrected chi connectivity index (χ2v) is 5.45. The molecular formula is C13H12N4S. The van der Waals surface area contributed by atoms with Crippen LogP contribution in [0.1, 0.15) is 22.3 Å². The second kappa shape index (κ2) is 3.90. The van der Waals surface area contributed by atoms with E-state index in [1.54, 1.807) is 6.20 Å². The Labute approximate surface area is 108 Å². The minimum atomic E-state index is 0.187. The molecule has 1 unspecified atom stereocenters. The Kier molecular flexibility index (Phi) is 2.21. The molecule has 3 aromatic rings. The third kappa shape index (κ3) is 1.48. The van der Waals surface area contributed by atoms with Crippen LogP contribution in [0.4, 0.5) is 0 Å². The Morgan fingerprint density at radius 2 is 2.33 bits per heavy atom. The van der Waals surface area contributed by atoms with E-state index in [1.165, 1.54) is 10.4 Å². The summed E-state index contributed by atoms with van der Waals surface area (Å²) in [6.07, 6.45) is 4.71. The Balaban J connectivity index is 1.84. The molecule has 3 aromatic heterocycles. The molecule has 2 N–H and O–H groups in total. The van der Waals surface area contributed by atoms with Gasteiger partial charge >= 0.3 is 0 Å². The summed E-state index contributed by atoms with van der Waals surface area (Å²) in [5, 5.41) is 5.69. The van der Waals surface area contributed by atoms with E-state index >= 15 is 0 Å². The number of H-pyrrole nitrogens is 1. The number of nitrogens with one attached hydrogen (secondary N) is 2. The van der Waals surface area contributed by atoms with E-state index in [1.807, 2.05) is 23.6 Å². The van der Waals surface area contributed by atoms with Crippen LogP contribution in [0.2, 0.25) is 0 Å². The van der Waals surface area contributed by atoms with Crippen LogP contribution in [0.15, 0.2) is 29.9 Å². The predicted octanol–water partition coefficient (Wildman–Crippen LogP) is 2.25. The number of pyridine rings is 1. The van der Waals surface area contributed by atoms with E-state index < -0.39 is 0 Å². The van der Waals surface area contributed by atoms with Gasteiger partial charge in [-0.15, -0.1) is 11.3 Å². The Morgan fingerprint density at radius 3 is 3.28 bits per heavy atom. The first-order valence-corrected chi connectivity index (χ1v) is 6.89. The van der Waals surface area contributed by atoms with Crippen molar-refractivity contribution >= 4 is 22.4 Å². The van der Waals surface area contributed by atoms with E-state index in [0.29, 0.717) is 0 Å². The molecule has 0 amide bonds. The fourth-order valence-electron chi connectivity index (χ4n) is 2.51. The van der Waals surface area contributed by atoms with Crippen LogP contribution in [-0.4, -0.2) is 21.5 Å². The van der Waals surface area contributed by atoms with Gasteiger partial charge in [0.25, 0.3) is 0 Å². The molecule has 0 spiro atoms. The topological polar surface area (TPSA) is 53.6 Å². The second-order valence-electron chi connectivity index (χ2n) is 4.45. The largest absolute Gasteiger partial charge is 0.339 e. The zero-order chi connectivity index (χ0) is 11.9. The molecule has 5 heteroatoms. The summed E-state index contributed by atoms with van der Waals surface area (Å²) < 4.78 is 0. The Bertz CT molecular complexity index is 667. The number of nitrogens with zero attached hydrogens (tertiary/aromatic N) is 2. The summed E-state index contributed by atoms with van der Waals surface area (Å²) in [4.78, 5) is 13.6. The van der Waals surface area contributed by atoms with Crippen LogP contribution in [0.5, 0.6) is 0 Å². The molecule has 0 bridgehead atoms. The van der Waals surface area contributed by atoms with Gasteiger partial charge in [-0.25, -0.2) is 4.98 Å². The van der Waals surface area contributed by atoms with Crippen molar-refractivity contribution < 1.29 is 0 Å². The average Bonchev–Trinajstić information content (AvgIpc) is 3.04. The molecule has 0 fully saturated rings. The highest BCUT2D eigenvalue weighted by Crippen LogP contribution is 2.31. The SMILES string of the molecule is c1cc2nc(C3NCCc4sccc43)[nH]c2cn1. The molecule has 0 saturated carbocycles. The number of thiophene rings is 1. The first kappa shape index (κ1) is 10.2. The lowest BCUT2D eigenvalue weighted by atomic mass is 10.0.